The number of halogens is 1. The first-order chi connectivity index (χ1) is 8.41. The quantitative estimate of drug-likeness (QED) is 0.651. The first-order valence-electron chi connectivity index (χ1n) is 5.28. The van der Waals surface area contributed by atoms with Crippen molar-refractivity contribution in [3.8, 4) is 0 Å². The van der Waals surface area contributed by atoms with Crippen molar-refractivity contribution < 1.29 is 9.72 Å². The van der Waals surface area contributed by atoms with Crippen LogP contribution in [0.15, 0.2) is 18.2 Å². The van der Waals surface area contributed by atoms with Crippen LogP contribution in [0.1, 0.15) is 10.4 Å². The maximum Gasteiger partial charge on any atom is 0.288 e. The zero-order valence-corrected chi connectivity index (χ0v) is 10.9. The molecule has 1 amide bonds. The second-order valence-electron chi connectivity index (χ2n) is 3.98. The van der Waals surface area contributed by atoms with E-state index in [0.717, 1.165) is 0 Å². The molecule has 0 radical (unpaired) electrons. The second-order valence-corrected chi connectivity index (χ2v) is 4.39. The van der Waals surface area contributed by atoms with Crippen LogP contribution in [0.5, 0.6) is 0 Å². The van der Waals surface area contributed by atoms with Gasteiger partial charge in [-0.25, -0.2) is 0 Å². The molecule has 0 saturated heterocycles. The average molecular weight is 272 g/mol. The second kappa shape index (κ2) is 6.32. The summed E-state index contributed by atoms with van der Waals surface area (Å²) in [5.41, 5.74) is -0.0400. The maximum absolute atomic E-state index is 11.7. The van der Waals surface area contributed by atoms with Gasteiger partial charge in [0.25, 0.3) is 11.6 Å². The van der Waals surface area contributed by atoms with Crippen molar-refractivity contribution in [1.82, 2.24) is 10.2 Å². The Labute approximate surface area is 110 Å². The number of hydrogen-bond acceptors (Lipinski definition) is 4. The van der Waals surface area contributed by atoms with E-state index >= 15 is 0 Å². The monoisotopic (exact) mass is 271 g/mol. The van der Waals surface area contributed by atoms with E-state index in [1.807, 2.05) is 19.0 Å². The fourth-order valence-electron chi connectivity index (χ4n) is 1.29. The SMILES string of the molecule is CN(C)CCNC(=O)c1ccc(Cl)c([N+](=O)[O-])c1. The summed E-state index contributed by atoms with van der Waals surface area (Å²) in [4.78, 5) is 23.7. The van der Waals surface area contributed by atoms with Crippen LogP contribution in [0.2, 0.25) is 5.02 Å². The molecule has 0 saturated carbocycles. The van der Waals surface area contributed by atoms with Crippen molar-refractivity contribution in [2.75, 3.05) is 27.2 Å². The van der Waals surface area contributed by atoms with E-state index in [9.17, 15) is 14.9 Å². The van der Waals surface area contributed by atoms with Crippen molar-refractivity contribution in [2.24, 2.45) is 0 Å². The zero-order chi connectivity index (χ0) is 13.7. The van der Waals surface area contributed by atoms with Gasteiger partial charge < -0.3 is 10.2 Å². The van der Waals surface area contributed by atoms with Gasteiger partial charge in [-0.2, -0.15) is 0 Å². The van der Waals surface area contributed by atoms with Gasteiger partial charge in [0.1, 0.15) is 5.02 Å². The highest BCUT2D eigenvalue weighted by molar-refractivity contribution is 6.32. The molecule has 18 heavy (non-hydrogen) atoms. The summed E-state index contributed by atoms with van der Waals surface area (Å²) in [5.74, 6) is -0.350. The number of amides is 1. The number of likely N-dealkylation sites (N-methyl/N-ethyl adjacent to an activating group) is 1. The molecule has 0 bridgehead atoms. The number of rotatable bonds is 5. The van der Waals surface area contributed by atoms with Crippen molar-refractivity contribution in [1.29, 1.82) is 0 Å². The largest absolute Gasteiger partial charge is 0.351 e. The third-order valence-electron chi connectivity index (χ3n) is 2.25. The van der Waals surface area contributed by atoms with Crippen LogP contribution >= 0.6 is 11.6 Å². The first-order valence-corrected chi connectivity index (χ1v) is 5.66. The standard InChI is InChI=1S/C11H14ClN3O3/c1-14(2)6-5-13-11(16)8-3-4-9(12)10(7-8)15(17)18/h3-4,7H,5-6H2,1-2H3,(H,13,16). The molecule has 1 rings (SSSR count). The number of nitrogens with zero attached hydrogens (tertiary/aromatic N) is 2. The number of carbonyl (C=O) groups excluding carboxylic acids is 1. The maximum atomic E-state index is 11.7. The number of nitro groups is 1. The van der Waals surface area contributed by atoms with Crippen molar-refractivity contribution in [2.45, 2.75) is 0 Å². The average Bonchev–Trinajstić information content (AvgIpc) is 2.28. The van der Waals surface area contributed by atoms with E-state index in [1.54, 1.807) is 0 Å². The molecule has 1 N–H and O–H groups in total. The van der Waals surface area contributed by atoms with Crippen LogP contribution in [0.25, 0.3) is 0 Å². The molecule has 0 heterocycles. The molecule has 0 aromatic heterocycles. The predicted molar refractivity (Wildman–Crippen MR) is 69.0 cm³/mol. The molecule has 0 atom stereocenters. The highest BCUT2D eigenvalue weighted by atomic mass is 35.5. The normalized spacial score (nSPS) is 10.4. The van der Waals surface area contributed by atoms with Crippen molar-refractivity contribution in [3.63, 3.8) is 0 Å². The predicted octanol–water partition coefficient (Wildman–Crippen LogP) is 1.54. The fourth-order valence-corrected chi connectivity index (χ4v) is 1.48. The van der Waals surface area contributed by atoms with Crippen molar-refractivity contribution in [3.05, 3.63) is 38.9 Å². The Kier molecular flexibility index (Phi) is 5.06. The number of nitro benzene ring substituents is 1. The minimum atomic E-state index is -0.612. The molecular weight excluding hydrogens is 258 g/mol. The molecular formula is C11H14ClN3O3. The summed E-state index contributed by atoms with van der Waals surface area (Å²) in [5, 5.41) is 13.4. The molecule has 0 spiro atoms. The van der Waals surface area contributed by atoms with Gasteiger partial charge in [-0.15, -0.1) is 0 Å². The Morgan fingerprint density at radius 3 is 2.72 bits per heavy atom. The first kappa shape index (κ1) is 14.4. The molecule has 1 aromatic rings. The number of carbonyl (C=O) groups is 1. The topological polar surface area (TPSA) is 75.5 Å². The molecule has 0 fully saturated rings. The highest BCUT2D eigenvalue weighted by Crippen LogP contribution is 2.24. The Morgan fingerprint density at radius 2 is 2.17 bits per heavy atom. The molecule has 6 nitrogen and oxygen atoms in total. The van der Waals surface area contributed by atoms with Gasteiger partial charge >= 0.3 is 0 Å². The van der Waals surface area contributed by atoms with E-state index in [2.05, 4.69) is 5.32 Å². The minimum Gasteiger partial charge on any atom is -0.351 e. The summed E-state index contributed by atoms with van der Waals surface area (Å²) in [7, 11) is 3.78. The summed E-state index contributed by atoms with van der Waals surface area (Å²) < 4.78 is 0. The summed E-state index contributed by atoms with van der Waals surface area (Å²) in [6.07, 6.45) is 0. The van der Waals surface area contributed by atoms with Crippen LogP contribution < -0.4 is 5.32 Å². The van der Waals surface area contributed by atoms with E-state index < -0.39 is 4.92 Å². The van der Waals surface area contributed by atoms with Gasteiger partial charge in [0.2, 0.25) is 0 Å². The van der Waals surface area contributed by atoms with Crippen molar-refractivity contribution >= 4 is 23.2 Å². The highest BCUT2D eigenvalue weighted by Gasteiger charge is 2.15. The Bertz CT molecular complexity index is 463. The number of hydrogen-bond donors (Lipinski definition) is 1. The molecule has 0 aliphatic rings. The Morgan fingerprint density at radius 1 is 1.50 bits per heavy atom. The van der Waals surface area contributed by atoms with Gasteiger partial charge in [0.15, 0.2) is 0 Å². The third kappa shape index (κ3) is 3.97. The van der Waals surface area contributed by atoms with Gasteiger partial charge in [-0.3, -0.25) is 14.9 Å². The van der Waals surface area contributed by atoms with Crippen LogP contribution in [-0.4, -0.2) is 42.9 Å². The third-order valence-corrected chi connectivity index (χ3v) is 2.57. The molecule has 98 valence electrons. The van der Waals surface area contributed by atoms with E-state index in [0.29, 0.717) is 13.1 Å². The van der Waals surface area contributed by atoms with Gasteiger partial charge in [-0.05, 0) is 26.2 Å². The fraction of sp³-hybridized carbons (Fsp3) is 0.364. The molecule has 0 aliphatic heterocycles. The smallest absolute Gasteiger partial charge is 0.288 e. The van der Waals surface area contributed by atoms with E-state index in [1.165, 1.54) is 18.2 Å². The lowest BCUT2D eigenvalue weighted by Crippen LogP contribution is -2.31. The Balaban J connectivity index is 2.74. The van der Waals surface area contributed by atoms with Gasteiger partial charge in [-0.1, -0.05) is 11.6 Å². The number of nitrogens with one attached hydrogen (secondary N) is 1. The van der Waals surface area contributed by atoms with Gasteiger partial charge in [0, 0.05) is 24.7 Å². The van der Waals surface area contributed by atoms with Crippen LogP contribution in [0, 0.1) is 10.1 Å². The van der Waals surface area contributed by atoms with Gasteiger partial charge in [0.05, 0.1) is 4.92 Å². The van der Waals surface area contributed by atoms with Crippen LogP contribution in [-0.2, 0) is 0 Å². The molecule has 1 aromatic carbocycles. The lowest BCUT2D eigenvalue weighted by atomic mass is 10.2. The van der Waals surface area contributed by atoms with E-state index in [4.69, 9.17) is 11.6 Å². The van der Waals surface area contributed by atoms with Crippen LogP contribution in [0.4, 0.5) is 5.69 Å². The summed E-state index contributed by atoms with van der Waals surface area (Å²) in [6.45, 7) is 1.17. The summed E-state index contributed by atoms with van der Waals surface area (Å²) in [6, 6.07) is 3.98. The minimum absolute atomic E-state index is 0.0184. The molecule has 0 unspecified atom stereocenters. The van der Waals surface area contributed by atoms with Crippen LogP contribution in [0.3, 0.4) is 0 Å². The lowest BCUT2D eigenvalue weighted by molar-refractivity contribution is -0.384. The molecule has 7 heteroatoms. The molecule has 0 aliphatic carbocycles. The zero-order valence-electron chi connectivity index (χ0n) is 10.1. The number of benzene rings is 1. The lowest BCUT2D eigenvalue weighted by Gasteiger charge is -2.10. The van der Waals surface area contributed by atoms with E-state index in [-0.39, 0.29) is 22.2 Å². The Hall–Kier alpha value is -1.66. The summed E-state index contributed by atoms with van der Waals surface area (Å²) >= 11 is 5.66.